The SMILES string of the molecule is O=C(O)c1ncccc1CSc1ncnc2ccccc12. The third-order valence-corrected chi connectivity index (χ3v) is 4.02. The zero-order valence-corrected chi connectivity index (χ0v) is 11.7. The van der Waals surface area contributed by atoms with E-state index in [1.807, 2.05) is 24.3 Å². The van der Waals surface area contributed by atoms with Crippen LogP contribution >= 0.6 is 11.8 Å². The van der Waals surface area contributed by atoms with E-state index in [4.69, 9.17) is 5.11 Å². The van der Waals surface area contributed by atoms with Gasteiger partial charge >= 0.3 is 5.97 Å². The average molecular weight is 297 g/mol. The molecule has 0 saturated carbocycles. The first kappa shape index (κ1) is 13.5. The molecule has 0 unspecified atom stereocenters. The fourth-order valence-electron chi connectivity index (χ4n) is 1.99. The minimum absolute atomic E-state index is 0.0864. The molecule has 0 aliphatic carbocycles. The maximum Gasteiger partial charge on any atom is 0.354 e. The van der Waals surface area contributed by atoms with E-state index in [1.165, 1.54) is 24.3 Å². The second-order valence-electron chi connectivity index (χ2n) is 4.30. The summed E-state index contributed by atoms with van der Waals surface area (Å²) >= 11 is 1.48. The van der Waals surface area contributed by atoms with Crippen molar-refractivity contribution in [1.82, 2.24) is 15.0 Å². The Balaban J connectivity index is 1.89. The summed E-state index contributed by atoms with van der Waals surface area (Å²) in [5.74, 6) is -0.519. The van der Waals surface area contributed by atoms with Gasteiger partial charge in [0.15, 0.2) is 5.69 Å². The second kappa shape index (κ2) is 5.88. The third-order valence-electron chi connectivity index (χ3n) is 2.96. The Bertz CT molecular complexity index is 802. The molecule has 0 radical (unpaired) electrons. The molecule has 2 aromatic heterocycles. The van der Waals surface area contributed by atoms with Gasteiger partial charge in [0.25, 0.3) is 0 Å². The van der Waals surface area contributed by atoms with Crippen LogP contribution in [0.4, 0.5) is 0 Å². The Hall–Kier alpha value is -2.47. The van der Waals surface area contributed by atoms with Gasteiger partial charge in [-0.05, 0) is 17.7 Å². The highest BCUT2D eigenvalue weighted by molar-refractivity contribution is 7.98. The van der Waals surface area contributed by atoms with Gasteiger partial charge in [0, 0.05) is 17.3 Å². The molecule has 104 valence electrons. The average Bonchev–Trinajstić information content (AvgIpc) is 2.53. The van der Waals surface area contributed by atoms with E-state index in [0.717, 1.165) is 15.9 Å². The number of thioether (sulfide) groups is 1. The number of fused-ring (bicyclic) bond motifs is 1. The number of para-hydroxylation sites is 1. The number of aromatic nitrogens is 3. The van der Waals surface area contributed by atoms with Gasteiger partial charge in [-0.25, -0.2) is 19.7 Å². The van der Waals surface area contributed by atoms with Gasteiger partial charge in [-0.15, -0.1) is 11.8 Å². The topological polar surface area (TPSA) is 76.0 Å². The lowest BCUT2D eigenvalue weighted by atomic mass is 10.2. The summed E-state index contributed by atoms with van der Waals surface area (Å²) in [7, 11) is 0. The molecule has 1 N–H and O–H groups in total. The summed E-state index contributed by atoms with van der Waals surface area (Å²) in [6, 6.07) is 11.2. The monoisotopic (exact) mass is 297 g/mol. The number of carboxylic acid groups (broad SMARTS) is 1. The van der Waals surface area contributed by atoms with Crippen molar-refractivity contribution < 1.29 is 9.90 Å². The Morgan fingerprint density at radius 1 is 1.10 bits per heavy atom. The lowest BCUT2D eigenvalue weighted by Gasteiger charge is -2.06. The molecular formula is C15H11N3O2S. The van der Waals surface area contributed by atoms with Crippen LogP contribution in [0.25, 0.3) is 10.9 Å². The van der Waals surface area contributed by atoms with Crippen LogP contribution in [-0.2, 0) is 5.75 Å². The van der Waals surface area contributed by atoms with Crippen LogP contribution in [0.3, 0.4) is 0 Å². The molecule has 3 aromatic rings. The van der Waals surface area contributed by atoms with Gasteiger partial charge in [0.2, 0.25) is 0 Å². The lowest BCUT2D eigenvalue weighted by Crippen LogP contribution is -2.04. The largest absolute Gasteiger partial charge is 0.477 e. The Labute approximate surface area is 125 Å². The van der Waals surface area contributed by atoms with Gasteiger partial charge in [-0.2, -0.15) is 0 Å². The first-order chi connectivity index (χ1) is 10.3. The van der Waals surface area contributed by atoms with Crippen molar-refractivity contribution in [1.29, 1.82) is 0 Å². The van der Waals surface area contributed by atoms with Gasteiger partial charge in [0.1, 0.15) is 11.4 Å². The molecule has 21 heavy (non-hydrogen) atoms. The highest BCUT2D eigenvalue weighted by Gasteiger charge is 2.12. The highest BCUT2D eigenvalue weighted by Crippen LogP contribution is 2.27. The van der Waals surface area contributed by atoms with E-state index in [-0.39, 0.29) is 5.69 Å². The highest BCUT2D eigenvalue weighted by atomic mass is 32.2. The van der Waals surface area contributed by atoms with Crippen molar-refractivity contribution >= 4 is 28.6 Å². The van der Waals surface area contributed by atoms with Crippen molar-refractivity contribution in [3.63, 3.8) is 0 Å². The van der Waals surface area contributed by atoms with E-state index in [9.17, 15) is 4.79 Å². The second-order valence-corrected chi connectivity index (χ2v) is 5.26. The minimum Gasteiger partial charge on any atom is -0.477 e. The summed E-state index contributed by atoms with van der Waals surface area (Å²) in [6.07, 6.45) is 3.00. The van der Waals surface area contributed by atoms with Crippen molar-refractivity contribution in [2.45, 2.75) is 10.8 Å². The summed E-state index contributed by atoms with van der Waals surface area (Å²) in [5, 5.41) is 10.9. The predicted octanol–water partition coefficient (Wildman–Crippen LogP) is 3.02. The molecule has 0 aliphatic rings. The fourth-order valence-corrected chi connectivity index (χ4v) is 2.96. The fraction of sp³-hybridized carbons (Fsp3) is 0.0667. The van der Waals surface area contributed by atoms with Crippen molar-refractivity contribution in [2.24, 2.45) is 0 Å². The summed E-state index contributed by atoms with van der Waals surface area (Å²) in [6.45, 7) is 0. The molecule has 2 heterocycles. The van der Waals surface area contributed by atoms with Gasteiger partial charge in [-0.3, -0.25) is 0 Å². The number of carbonyl (C=O) groups is 1. The molecule has 6 heteroatoms. The summed E-state index contributed by atoms with van der Waals surface area (Å²) in [5.41, 5.74) is 1.64. The normalized spacial score (nSPS) is 10.7. The van der Waals surface area contributed by atoms with E-state index in [0.29, 0.717) is 11.3 Å². The zero-order chi connectivity index (χ0) is 14.7. The van der Waals surface area contributed by atoms with Crippen LogP contribution in [-0.4, -0.2) is 26.0 Å². The molecule has 0 aliphatic heterocycles. The van der Waals surface area contributed by atoms with E-state index >= 15 is 0 Å². The first-order valence-corrected chi connectivity index (χ1v) is 7.24. The standard InChI is InChI=1S/C15H11N3O2S/c19-15(20)13-10(4-3-7-16-13)8-21-14-11-5-1-2-6-12(11)17-9-18-14/h1-7,9H,8H2,(H,19,20). The van der Waals surface area contributed by atoms with E-state index in [2.05, 4.69) is 15.0 Å². The Morgan fingerprint density at radius 3 is 2.81 bits per heavy atom. The van der Waals surface area contributed by atoms with Crippen LogP contribution in [0.2, 0.25) is 0 Å². The quantitative estimate of drug-likeness (QED) is 0.589. The molecule has 0 fully saturated rings. The zero-order valence-electron chi connectivity index (χ0n) is 10.9. The number of rotatable bonds is 4. The number of carboxylic acids is 1. The lowest BCUT2D eigenvalue weighted by molar-refractivity contribution is 0.0689. The smallest absolute Gasteiger partial charge is 0.354 e. The van der Waals surface area contributed by atoms with E-state index in [1.54, 1.807) is 12.1 Å². The van der Waals surface area contributed by atoms with Gasteiger partial charge < -0.3 is 5.11 Å². The molecule has 0 bridgehead atoms. The summed E-state index contributed by atoms with van der Waals surface area (Å²) in [4.78, 5) is 23.5. The molecule has 1 aromatic carbocycles. The van der Waals surface area contributed by atoms with Crippen LogP contribution < -0.4 is 0 Å². The van der Waals surface area contributed by atoms with Crippen LogP contribution in [0.1, 0.15) is 16.1 Å². The minimum atomic E-state index is -1.02. The maximum absolute atomic E-state index is 11.1. The Morgan fingerprint density at radius 2 is 1.95 bits per heavy atom. The van der Waals surface area contributed by atoms with Crippen molar-refractivity contribution in [3.05, 3.63) is 60.2 Å². The maximum atomic E-state index is 11.1. The van der Waals surface area contributed by atoms with Crippen LogP contribution in [0.5, 0.6) is 0 Å². The number of aromatic carboxylic acids is 1. The number of benzene rings is 1. The molecular weight excluding hydrogens is 286 g/mol. The number of hydrogen-bond donors (Lipinski definition) is 1. The number of pyridine rings is 1. The molecule has 0 saturated heterocycles. The van der Waals surface area contributed by atoms with Gasteiger partial charge in [0.05, 0.1) is 5.52 Å². The number of nitrogens with zero attached hydrogens (tertiary/aromatic N) is 3. The summed E-state index contributed by atoms with van der Waals surface area (Å²) < 4.78 is 0. The molecule has 0 spiro atoms. The molecule has 0 atom stereocenters. The van der Waals surface area contributed by atoms with Crippen molar-refractivity contribution in [3.8, 4) is 0 Å². The molecule has 0 amide bonds. The third kappa shape index (κ3) is 2.85. The van der Waals surface area contributed by atoms with Gasteiger partial charge in [-0.1, -0.05) is 24.3 Å². The molecule has 3 rings (SSSR count). The van der Waals surface area contributed by atoms with E-state index < -0.39 is 5.97 Å². The molecule has 5 nitrogen and oxygen atoms in total. The van der Waals surface area contributed by atoms with Crippen LogP contribution in [0.15, 0.2) is 53.9 Å². The van der Waals surface area contributed by atoms with Crippen molar-refractivity contribution in [2.75, 3.05) is 0 Å². The van der Waals surface area contributed by atoms with Crippen LogP contribution in [0, 0.1) is 0 Å². The Kier molecular flexibility index (Phi) is 3.79. The first-order valence-electron chi connectivity index (χ1n) is 6.25. The predicted molar refractivity (Wildman–Crippen MR) is 80.3 cm³/mol. The number of hydrogen-bond acceptors (Lipinski definition) is 5.